The van der Waals surface area contributed by atoms with Crippen molar-refractivity contribution in [2.45, 2.75) is 6.92 Å². The fraction of sp³-hybridized carbons (Fsp3) is 0.0455. The number of anilines is 3. The number of carbonyl (C=O) groups excluding carboxylic acids is 1. The summed E-state index contributed by atoms with van der Waals surface area (Å²) in [4.78, 5) is 22.1. The highest BCUT2D eigenvalue weighted by atomic mass is 32.1. The van der Waals surface area contributed by atoms with E-state index in [1.807, 2.05) is 41.8 Å². The number of nitrogens with zero attached hydrogens (tertiary/aromatic N) is 3. The molecule has 4 rings (SSSR count). The van der Waals surface area contributed by atoms with Gasteiger partial charge in [-0.15, -0.1) is 24.0 Å². The first-order chi connectivity index (χ1) is 15.4. The van der Waals surface area contributed by atoms with Crippen LogP contribution in [0.5, 0.6) is 0 Å². The van der Waals surface area contributed by atoms with E-state index in [0.717, 1.165) is 26.9 Å². The fourth-order valence-corrected chi connectivity index (χ4v) is 4.05. The second-order valence-corrected chi connectivity index (χ2v) is 8.36. The van der Waals surface area contributed by atoms with E-state index in [1.165, 1.54) is 11.3 Å². The molecule has 4 aromatic heterocycles. The molecule has 0 unspecified atom stereocenters. The molecule has 10 heteroatoms. The average Bonchev–Trinajstić information content (AvgIpc) is 3.42. The molecule has 32 heavy (non-hydrogen) atoms. The molecule has 0 aliphatic rings. The minimum absolute atomic E-state index is 0.261. The molecule has 0 radical (unpaired) electrons. The van der Waals surface area contributed by atoms with E-state index in [2.05, 4.69) is 45.1 Å². The minimum Gasteiger partial charge on any atom is -0.382 e. The molecule has 4 aromatic rings. The number of nitrogens with two attached hydrogens (primary N) is 1. The van der Waals surface area contributed by atoms with E-state index in [1.54, 1.807) is 30.6 Å². The molecular weight excluding hydrogens is 442 g/mol. The molecule has 0 bridgehead atoms. The Morgan fingerprint density at radius 1 is 1.16 bits per heavy atom. The van der Waals surface area contributed by atoms with Gasteiger partial charge in [-0.2, -0.15) is 0 Å². The second kappa shape index (κ2) is 9.16. The number of thiophene rings is 1. The van der Waals surface area contributed by atoms with Crippen molar-refractivity contribution >= 4 is 56.9 Å². The third-order valence-electron chi connectivity index (χ3n) is 4.54. The Kier molecular flexibility index (Phi) is 6.15. The molecule has 0 fully saturated rings. The molecule has 0 saturated carbocycles. The predicted octanol–water partition coefficient (Wildman–Crippen LogP) is 4.42. The SMILES string of the molecule is C=C(N/C(C)=C(\S)c1cnc2ccccn12)Nc1ccc(C(=O)Nc2cccnc2N)s1. The maximum Gasteiger partial charge on any atom is 0.265 e. The first-order valence-electron chi connectivity index (χ1n) is 9.59. The largest absolute Gasteiger partial charge is 0.382 e. The third-order valence-corrected chi connectivity index (χ3v) is 6.11. The van der Waals surface area contributed by atoms with Crippen molar-refractivity contribution in [3.63, 3.8) is 0 Å². The maximum atomic E-state index is 12.5. The van der Waals surface area contributed by atoms with Crippen LogP contribution in [0.3, 0.4) is 0 Å². The highest BCUT2D eigenvalue weighted by Gasteiger charge is 2.13. The Morgan fingerprint density at radius 2 is 2.00 bits per heavy atom. The lowest BCUT2D eigenvalue weighted by Gasteiger charge is -2.13. The number of hydrogen-bond acceptors (Lipinski definition) is 8. The van der Waals surface area contributed by atoms with Gasteiger partial charge in [-0.05, 0) is 43.3 Å². The van der Waals surface area contributed by atoms with Gasteiger partial charge in [0.25, 0.3) is 5.91 Å². The van der Waals surface area contributed by atoms with Crippen molar-refractivity contribution in [2.24, 2.45) is 0 Å². The second-order valence-electron chi connectivity index (χ2n) is 6.83. The summed E-state index contributed by atoms with van der Waals surface area (Å²) >= 11 is 5.96. The van der Waals surface area contributed by atoms with E-state index < -0.39 is 0 Å². The van der Waals surface area contributed by atoms with Gasteiger partial charge in [0.15, 0.2) is 0 Å². The van der Waals surface area contributed by atoms with Crippen molar-refractivity contribution in [3.05, 3.63) is 89.7 Å². The number of amides is 1. The van der Waals surface area contributed by atoms with Crippen LogP contribution in [0.2, 0.25) is 0 Å². The Bertz CT molecular complexity index is 1340. The van der Waals surface area contributed by atoms with Crippen LogP contribution in [0.15, 0.2) is 79.2 Å². The topological polar surface area (TPSA) is 109 Å². The molecule has 0 saturated heterocycles. The Balaban J connectivity index is 1.41. The number of imidazole rings is 1. The molecule has 0 aliphatic heterocycles. The molecule has 0 aliphatic carbocycles. The Labute approximate surface area is 194 Å². The summed E-state index contributed by atoms with van der Waals surface area (Å²) in [6.45, 7) is 5.92. The zero-order valence-corrected chi connectivity index (χ0v) is 18.9. The van der Waals surface area contributed by atoms with Gasteiger partial charge >= 0.3 is 0 Å². The molecule has 8 nitrogen and oxygen atoms in total. The number of nitrogens with one attached hydrogen (secondary N) is 3. The van der Waals surface area contributed by atoms with Crippen molar-refractivity contribution in [1.82, 2.24) is 19.7 Å². The summed E-state index contributed by atoms with van der Waals surface area (Å²) in [6, 6.07) is 12.8. The predicted molar refractivity (Wildman–Crippen MR) is 134 cm³/mol. The van der Waals surface area contributed by atoms with Crippen LogP contribution in [-0.4, -0.2) is 20.3 Å². The van der Waals surface area contributed by atoms with E-state index in [-0.39, 0.29) is 11.7 Å². The van der Waals surface area contributed by atoms with E-state index in [0.29, 0.717) is 16.4 Å². The number of fused-ring (bicyclic) bond motifs is 1. The molecule has 0 aromatic carbocycles. The first-order valence-corrected chi connectivity index (χ1v) is 10.9. The Hall–Kier alpha value is -3.76. The van der Waals surface area contributed by atoms with Gasteiger partial charge in [0.05, 0.1) is 27.5 Å². The number of carbonyl (C=O) groups is 1. The van der Waals surface area contributed by atoms with Gasteiger partial charge in [-0.1, -0.05) is 12.6 Å². The number of thiol groups is 1. The monoisotopic (exact) mass is 463 g/mol. The lowest BCUT2D eigenvalue weighted by atomic mass is 10.3. The number of nitrogen functional groups attached to an aromatic ring is 1. The van der Waals surface area contributed by atoms with Crippen LogP contribution in [0.25, 0.3) is 10.6 Å². The maximum absolute atomic E-state index is 12.5. The van der Waals surface area contributed by atoms with Gasteiger partial charge in [0, 0.05) is 23.0 Å². The van der Waals surface area contributed by atoms with E-state index >= 15 is 0 Å². The van der Waals surface area contributed by atoms with Crippen LogP contribution >= 0.6 is 24.0 Å². The van der Waals surface area contributed by atoms with Gasteiger partial charge in [0.2, 0.25) is 0 Å². The number of pyridine rings is 2. The van der Waals surface area contributed by atoms with Crippen LogP contribution < -0.4 is 21.7 Å². The molecular formula is C22H21N7OS2. The number of rotatable bonds is 7. The van der Waals surface area contributed by atoms with Crippen LogP contribution in [0, 0.1) is 0 Å². The van der Waals surface area contributed by atoms with Gasteiger partial charge in [-0.25, -0.2) is 9.97 Å². The average molecular weight is 464 g/mol. The summed E-state index contributed by atoms with van der Waals surface area (Å²) < 4.78 is 1.96. The highest BCUT2D eigenvalue weighted by Crippen LogP contribution is 2.26. The Morgan fingerprint density at radius 3 is 2.81 bits per heavy atom. The molecule has 0 atom stereocenters. The van der Waals surface area contributed by atoms with Crippen molar-refractivity contribution in [1.29, 1.82) is 0 Å². The number of aromatic nitrogens is 3. The van der Waals surface area contributed by atoms with Gasteiger partial charge < -0.3 is 21.7 Å². The highest BCUT2D eigenvalue weighted by molar-refractivity contribution is 7.90. The fourth-order valence-electron chi connectivity index (χ4n) is 3.00. The molecule has 1 amide bonds. The van der Waals surface area contributed by atoms with Gasteiger partial charge in [0.1, 0.15) is 17.3 Å². The molecule has 4 heterocycles. The smallest absolute Gasteiger partial charge is 0.265 e. The van der Waals surface area contributed by atoms with Crippen molar-refractivity contribution < 1.29 is 4.79 Å². The standard InChI is InChI=1S/C22H21N7OS2/c1-13(20(31)16-12-25-18-7-3-4-11-29(16)18)26-14(2)27-19-9-8-17(32-19)22(30)28-15-6-5-10-24-21(15)23/h3-12,26-27,31H,2H2,1H3,(H2,23,24)(H,28,30)/b20-13-. The third kappa shape index (κ3) is 4.61. The zero-order chi connectivity index (χ0) is 22.7. The van der Waals surface area contributed by atoms with E-state index in [4.69, 9.17) is 5.73 Å². The summed E-state index contributed by atoms with van der Waals surface area (Å²) in [5.41, 5.74) is 8.77. The summed E-state index contributed by atoms with van der Waals surface area (Å²) in [7, 11) is 0. The lowest BCUT2D eigenvalue weighted by Crippen LogP contribution is -2.17. The first kappa shape index (κ1) is 21.5. The van der Waals surface area contributed by atoms with Crippen LogP contribution in [0.4, 0.5) is 16.5 Å². The quantitative estimate of drug-likeness (QED) is 0.260. The normalized spacial score (nSPS) is 11.7. The summed E-state index contributed by atoms with van der Waals surface area (Å²) in [6.07, 6.45) is 5.28. The van der Waals surface area contributed by atoms with Crippen molar-refractivity contribution in [2.75, 3.05) is 16.4 Å². The van der Waals surface area contributed by atoms with E-state index in [9.17, 15) is 4.79 Å². The molecule has 162 valence electrons. The summed E-state index contributed by atoms with van der Waals surface area (Å²) in [5.74, 6) is 0.556. The molecule has 5 N–H and O–H groups in total. The summed E-state index contributed by atoms with van der Waals surface area (Å²) in [5, 5.41) is 9.89. The van der Waals surface area contributed by atoms with Crippen LogP contribution in [-0.2, 0) is 0 Å². The zero-order valence-electron chi connectivity index (χ0n) is 17.2. The minimum atomic E-state index is -0.261. The van der Waals surface area contributed by atoms with Crippen molar-refractivity contribution in [3.8, 4) is 0 Å². The number of hydrogen-bond donors (Lipinski definition) is 5. The van der Waals surface area contributed by atoms with Gasteiger partial charge in [-0.3, -0.25) is 9.20 Å². The molecule has 0 spiro atoms. The van der Waals surface area contributed by atoms with Crippen LogP contribution in [0.1, 0.15) is 22.3 Å². The lowest BCUT2D eigenvalue weighted by molar-refractivity contribution is 0.103. The number of allylic oxidation sites excluding steroid dienone is 1.